The summed E-state index contributed by atoms with van der Waals surface area (Å²) in [5.41, 5.74) is 0.989. The lowest BCUT2D eigenvalue weighted by atomic mass is 10.1. The van der Waals surface area contributed by atoms with Gasteiger partial charge in [-0.15, -0.1) is 0 Å². The van der Waals surface area contributed by atoms with Gasteiger partial charge < -0.3 is 5.11 Å². The van der Waals surface area contributed by atoms with E-state index in [1.165, 1.54) is 34.6 Å². The van der Waals surface area contributed by atoms with Crippen molar-refractivity contribution in [3.8, 4) is 0 Å². The fraction of sp³-hybridized carbons (Fsp3) is 0.174. The molecule has 0 aromatic heterocycles. The summed E-state index contributed by atoms with van der Waals surface area (Å²) in [6.45, 7) is 0.124. The van der Waals surface area contributed by atoms with Crippen molar-refractivity contribution in [1.29, 1.82) is 0 Å². The Morgan fingerprint density at radius 1 is 0.968 bits per heavy atom. The number of carboxylic acids is 1. The summed E-state index contributed by atoms with van der Waals surface area (Å²) < 4.78 is 41.9. The predicted octanol–water partition coefficient (Wildman–Crippen LogP) is 5.00. The average molecular weight is 462 g/mol. The molecule has 0 bridgehead atoms. The van der Waals surface area contributed by atoms with Crippen LogP contribution in [-0.2, 0) is 23.0 Å². The van der Waals surface area contributed by atoms with E-state index in [2.05, 4.69) is 0 Å². The van der Waals surface area contributed by atoms with Gasteiger partial charge in [0.05, 0.1) is 10.5 Å². The molecule has 0 aliphatic rings. The summed E-state index contributed by atoms with van der Waals surface area (Å²) in [5, 5.41) is 9.42. The van der Waals surface area contributed by atoms with E-state index in [-0.39, 0.29) is 18.0 Å². The van der Waals surface area contributed by atoms with Crippen LogP contribution < -0.4 is 0 Å². The number of nitrogens with zero attached hydrogens (tertiary/aromatic N) is 1. The molecule has 0 fully saturated rings. The number of rotatable bonds is 9. The topological polar surface area (TPSA) is 74.7 Å². The molecule has 0 saturated heterocycles. The van der Waals surface area contributed by atoms with Gasteiger partial charge in [0, 0.05) is 18.1 Å². The summed E-state index contributed by atoms with van der Waals surface area (Å²) in [7, 11) is -3.87. The second kappa shape index (κ2) is 10.0. The van der Waals surface area contributed by atoms with Gasteiger partial charge in [-0.05, 0) is 60.4 Å². The highest BCUT2D eigenvalue weighted by Gasteiger charge is 2.25. The molecule has 1 N–H and O–H groups in total. The summed E-state index contributed by atoms with van der Waals surface area (Å²) in [6, 6.07) is 19.2. The smallest absolute Gasteiger partial charge is 0.338 e. The molecule has 0 amide bonds. The first-order valence-electron chi connectivity index (χ1n) is 9.59. The number of carbonyl (C=O) groups is 1. The Balaban J connectivity index is 1.85. The van der Waals surface area contributed by atoms with Gasteiger partial charge in [0.15, 0.2) is 0 Å². The van der Waals surface area contributed by atoms with Crippen LogP contribution in [0.25, 0.3) is 0 Å². The number of halogens is 2. The first-order valence-corrected chi connectivity index (χ1v) is 11.4. The quantitative estimate of drug-likeness (QED) is 0.486. The van der Waals surface area contributed by atoms with E-state index in [1.54, 1.807) is 0 Å². The molecule has 0 atom stereocenters. The van der Waals surface area contributed by atoms with Crippen molar-refractivity contribution in [2.75, 3.05) is 6.54 Å². The highest BCUT2D eigenvalue weighted by atomic mass is 35.5. The molecule has 0 spiro atoms. The van der Waals surface area contributed by atoms with Crippen molar-refractivity contribution in [3.63, 3.8) is 0 Å². The molecule has 0 aliphatic carbocycles. The van der Waals surface area contributed by atoms with Crippen molar-refractivity contribution in [3.05, 3.63) is 100 Å². The minimum atomic E-state index is -3.87. The Hall–Kier alpha value is -2.74. The van der Waals surface area contributed by atoms with Gasteiger partial charge in [0.2, 0.25) is 10.0 Å². The lowest BCUT2D eigenvalue weighted by Gasteiger charge is -2.23. The zero-order valence-corrected chi connectivity index (χ0v) is 18.1. The number of aryl methyl sites for hydroxylation is 1. The molecule has 3 rings (SSSR count). The van der Waals surface area contributed by atoms with Crippen LogP contribution in [0.5, 0.6) is 0 Å². The third kappa shape index (κ3) is 5.91. The van der Waals surface area contributed by atoms with Gasteiger partial charge in [0.1, 0.15) is 5.82 Å². The van der Waals surface area contributed by atoms with E-state index in [9.17, 15) is 17.6 Å². The number of hydrogen-bond acceptors (Lipinski definition) is 3. The van der Waals surface area contributed by atoms with Crippen LogP contribution in [0.1, 0.15) is 27.9 Å². The zero-order chi connectivity index (χ0) is 22.4. The standard InChI is InChI=1S/C23H21ClFNO4S/c24-19-9-11-20(12-10-19)31(29,30)26(14-4-7-17-5-2-1-3-6-17)16-18-8-13-21(23(27)28)22(25)15-18/h1-3,5-6,8-13,15H,4,7,14,16H2,(H,27,28). The van der Waals surface area contributed by atoms with Gasteiger partial charge in [-0.3, -0.25) is 0 Å². The first-order chi connectivity index (χ1) is 14.8. The normalized spacial score (nSPS) is 11.6. The zero-order valence-electron chi connectivity index (χ0n) is 16.5. The van der Waals surface area contributed by atoms with Gasteiger partial charge in [-0.2, -0.15) is 4.31 Å². The molecule has 3 aromatic rings. The van der Waals surface area contributed by atoms with Crippen molar-refractivity contribution >= 4 is 27.6 Å². The van der Waals surface area contributed by atoms with Crippen LogP contribution in [0.15, 0.2) is 77.7 Å². The van der Waals surface area contributed by atoms with Crippen LogP contribution in [0, 0.1) is 5.82 Å². The molecule has 162 valence electrons. The highest BCUT2D eigenvalue weighted by Crippen LogP contribution is 2.22. The van der Waals surface area contributed by atoms with E-state index in [0.29, 0.717) is 23.4 Å². The van der Waals surface area contributed by atoms with Crippen molar-refractivity contribution < 1.29 is 22.7 Å². The highest BCUT2D eigenvalue weighted by molar-refractivity contribution is 7.89. The van der Waals surface area contributed by atoms with Crippen LogP contribution >= 0.6 is 11.6 Å². The fourth-order valence-corrected chi connectivity index (χ4v) is 4.77. The van der Waals surface area contributed by atoms with E-state index in [0.717, 1.165) is 17.7 Å². The van der Waals surface area contributed by atoms with Crippen LogP contribution in [0.4, 0.5) is 4.39 Å². The van der Waals surface area contributed by atoms with E-state index < -0.39 is 27.4 Å². The largest absolute Gasteiger partial charge is 0.478 e. The Kier molecular flexibility index (Phi) is 7.43. The Labute approximate surface area is 185 Å². The van der Waals surface area contributed by atoms with Crippen molar-refractivity contribution in [1.82, 2.24) is 4.31 Å². The average Bonchev–Trinajstić information content (AvgIpc) is 2.74. The summed E-state index contributed by atoms with van der Waals surface area (Å²) in [4.78, 5) is 11.1. The van der Waals surface area contributed by atoms with E-state index >= 15 is 0 Å². The maximum Gasteiger partial charge on any atom is 0.338 e. The lowest BCUT2D eigenvalue weighted by Crippen LogP contribution is -2.32. The van der Waals surface area contributed by atoms with Gasteiger partial charge >= 0.3 is 5.97 Å². The van der Waals surface area contributed by atoms with Crippen molar-refractivity contribution in [2.45, 2.75) is 24.3 Å². The molecule has 31 heavy (non-hydrogen) atoms. The molecule has 0 heterocycles. The second-order valence-corrected chi connectivity index (χ2v) is 9.38. The van der Waals surface area contributed by atoms with Crippen LogP contribution in [-0.4, -0.2) is 30.3 Å². The number of carboxylic acid groups (broad SMARTS) is 1. The minimum Gasteiger partial charge on any atom is -0.478 e. The van der Waals surface area contributed by atoms with E-state index in [4.69, 9.17) is 16.7 Å². The number of aromatic carboxylic acids is 1. The maximum absolute atomic E-state index is 14.1. The predicted molar refractivity (Wildman–Crippen MR) is 117 cm³/mol. The molecule has 0 radical (unpaired) electrons. The SMILES string of the molecule is O=C(O)c1ccc(CN(CCCc2ccccc2)S(=O)(=O)c2ccc(Cl)cc2)cc1F. The minimum absolute atomic E-state index is 0.0826. The fourth-order valence-electron chi connectivity index (χ4n) is 3.18. The lowest BCUT2D eigenvalue weighted by molar-refractivity contribution is 0.0692. The molecule has 0 unspecified atom stereocenters. The van der Waals surface area contributed by atoms with Gasteiger partial charge in [-0.1, -0.05) is 48.0 Å². The molecular weight excluding hydrogens is 441 g/mol. The first kappa shape index (κ1) is 22.9. The Morgan fingerprint density at radius 2 is 1.65 bits per heavy atom. The number of hydrogen-bond donors (Lipinski definition) is 1. The van der Waals surface area contributed by atoms with Gasteiger partial charge in [0.25, 0.3) is 0 Å². The molecule has 3 aromatic carbocycles. The summed E-state index contributed by atoms with van der Waals surface area (Å²) in [6.07, 6.45) is 1.24. The molecule has 0 aliphatic heterocycles. The summed E-state index contributed by atoms with van der Waals surface area (Å²) >= 11 is 5.88. The van der Waals surface area contributed by atoms with E-state index in [1.807, 2.05) is 30.3 Å². The second-order valence-electron chi connectivity index (χ2n) is 7.00. The Bertz CT molecular complexity index is 1150. The Morgan fingerprint density at radius 3 is 2.26 bits per heavy atom. The molecule has 5 nitrogen and oxygen atoms in total. The maximum atomic E-state index is 14.1. The number of sulfonamides is 1. The number of benzene rings is 3. The molecular formula is C23H21ClFNO4S. The van der Waals surface area contributed by atoms with Crippen LogP contribution in [0.3, 0.4) is 0 Å². The third-order valence-electron chi connectivity index (χ3n) is 4.79. The van der Waals surface area contributed by atoms with Crippen molar-refractivity contribution in [2.24, 2.45) is 0 Å². The third-order valence-corrected chi connectivity index (χ3v) is 6.90. The monoisotopic (exact) mass is 461 g/mol. The van der Waals surface area contributed by atoms with Crippen LogP contribution in [0.2, 0.25) is 5.02 Å². The molecule has 8 heteroatoms. The van der Waals surface area contributed by atoms with Gasteiger partial charge in [-0.25, -0.2) is 17.6 Å². The summed E-state index contributed by atoms with van der Waals surface area (Å²) in [5.74, 6) is -2.28. The molecule has 0 saturated carbocycles.